The smallest absolute Gasteiger partial charge is 0.236 e. The number of aliphatic imine (C=N–C) groups is 1. The van der Waals surface area contributed by atoms with Crippen LogP contribution in [0, 0.1) is 0 Å². The van der Waals surface area contributed by atoms with Crippen molar-refractivity contribution in [1.82, 2.24) is 10.6 Å². The van der Waals surface area contributed by atoms with Crippen LogP contribution in [0.5, 0.6) is 5.75 Å². The zero-order chi connectivity index (χ0) is 20.7. The van der Waals surface area contributed by atoms with Crippen molar-refractivity contribution in [1.29, 1.82) is 0 Å². The molecule has 0 spiro atoms. The Kier molecular flexibility index (Phi) is 6.98. The van der Waals surface area contributed by atoms with Crippen LogP contribution in [0.3, 0.4) is 0 Å². The van der Waals surface area contributed by atoms with Gasteiger partial charge >= 0.3 is 0 Å². The highest BCUT2D eigenvalue weighted by molar-refractivity contribution is 7.92. The molecule has 2 N–H and O–H groups in total. The summed E-state index contributed by atoms with van der Waals surface area (Å²) in [6.07, 6.45) is 1.59. The van der Waals surface area contributed by atoms with Crippen molar-refractivity contribution in [2.45, 2.75) is 12.8 Å². The Morgan fingerprint density at radius 2 is 1.83 bits per heavy atom. The summed E-state index contributed by atoms with van der Waals surface area (Å²) in [5.74, 6) is 1.44. The van der Waals surface area contributed by atoms with Gasteiger partial charge < -0.3 is 15.4 Å². The van der Waals surface area contributed by atoms with Crippen LogP contribution in [-0.4, -0.2) is 53.9 Å². The van der Waals surface area contributed by atoms with Gasteiger partial charge in [0.15, 0.2) is 5.96 Å². The van der Waals surface area contributed by atoms with Crippen molar-refractivity contribution in [3.63, 3.8) is 0 Å². The fourth-order valence-electron chi connectivity index (χ4n) is 3.34. The number of guanidine groups is 1. The highest BCUT2D eigenvalue weighted by Crippen LogP contribution is 2.29. The maximum atomic E-state index is 12.7. The molecule has 0 bridgehead atoms. The molecule has 1 aliphatic heterocycles. The molecule has 156 valence electrons. The predicted octanol–water partition coefficient (Wildman–Crippen LogP) is 1.80. The molecular weight excluding hydrogens is 388 g/mol. The molecule has 2 aromatic rings. The van der Waals surface area contributed by atoms with Crippen molar-refractivity contribution in [3.8, 4) is 5.75 Å². The summed E-state index contributed by atoms with van der Waals surface area (Å²) in [7, 11) is -0.0490. The molecule has 0 saturated heterocycles. The first-order valence-corrected chi connectivity index (χ1v) is 11.3. The average molecular weight is 417 g/mol. The van der Waals surface area contributed by atoms with Gasteiger partial charge in [-0.3, -0.25) is 9.30 Å². The van der Waals surface area contributed by atoms with Gasteiger partial charge in [0.2, 0.25) is 10.0 Å². The van der Waals surface area contributed by atoms with Gasteiger partial charge in [0.1, 0.15) is 5.75 Å². The fourth-order valence-corrected chi connectivity index (χ4v) is 4.77. The molecule has 0 unspecified atom stereocenters. The maximum absolute atomic E-state index is 12.7. The van der Waals surface area contributed by atoms with Crippen LogP contribution >= 0.6 is 0 Å². The van der Waals surface area contributed by atoms with Gasteiger partial charge in [0.25, 0.3) is 0 Å². The molecule has 29 heavy (non-hydrogen) atoms. The van der Waals surface area contributed by atoms with Crippen molar-refractivity contribution in [2.75, 3.05) is 43.8 Å². The van der Waals surface area contributed by atoms with Crippen LogP contribution in [0.25, 0.3) is 0 Å². The lowest BCUT2D eigenvalue weighted by molar-refractivity contribution is 0.414. The van der Waals surface area contributed by atoms with E-state index >= 15 is 0 Å². The lowest BCUT2D eigenvalue weighted by Gasteiger charge is -2.20. The third kappa shape index (κ3) is 5.41. The van der Waals surface area contributed by atoms with Crippen LogP contribution in [0.15, 0.2) is 53.5 Å². The first kappa shape index (κ1) is 21.0. The summed E-state index contributed by atoms with van der Waals surface area (Å²) < 4.78 is 32.1. The van der Waals surface area contributed by atoms with E-state index in [1.807, 2.05) is 48.5 Å². The van der Waals surface area contributed by atoms with Crippen LogP contribution in [0.1, 0.15) is 11.1 Å². The van der Waals surface area contributed by atoms with E-state index in [9.17, 15) is 8.42 Å². The van der Waals surface area contributed by atoms with Crippen LogP contribution < -0.4 is 19.7 Å². The zero-order valence-electron chi connectivity index (χ0n) is 16.9. The van der Waals surface area contributed by atoms with Crippen LogP contribution in [0.2, 0.25) is 0 Å². The van der Waals surface area contributed by atoms with Gasteiger partial charge in [0, 0.05) is 26.7 Å². The molecule has 0 aromatic heterocycles. The summed E-state index contributed by atoms with van der Waals surface area (Å²) in [6, 6.07) is 15.6. The minimum atomic E-state index is -3.37. The third-order valence-corrected chi connectivity index (χ3v) is 6.69. The number of methoxy groups -OCH3 is 1. The van der Waals surface area contributed by atoms with E-state index in [-0.39, 0.29) is 5.75 Å². The number of para-hydroxylation sites is 1. The molecule has 8 heteroatoms. The van der Waals surface area contributed by atoms with Gasteiger partial charge in [-0.15, -0.1) is 0 Å². The maximum Gasteiger partial charge on any atom is 0.236 e. The summed E-state index contributed by atoms with van der Waals surface area (Å²) in [5.41, 5.74) is 3.07. The summed E-state index contributed by atoms with van der Waals surface area (Å²) in [5, 5.41) is 6.31. The number of hydrogen-bond acceptors (Lipinski definition) is 4. The summed E-state index contributed by atoms with van der Waals surface area (Å²) in [6.45, 7) is 1.50. The number of rotatable bonds is 8. The molecule has 1 aliphatic rings. The lowest BCUT2D eigenvalue weighted by atomic mass is 10.1. The molecule has 2 aromatic carbocycles. The number of anilines is 1. The second-order valence-corrected chi connectivity index (χ2v) is 8.80. The van der Waals surface area contributed by atoms with Gasteiger partial charge in [-0.2, -0.15) is 0 Å². The van der Waals surface area contributed by atoms with Crippen molar-refractivity contribution < 1.29 is 13.2 Å². The Labute approximate surface area is 172 Å². The van der Waals surface area contributed by atoms with E-state index in [1.165, 1.54) is 9.87 Å². The average Bonchev–Trinajstić information content (AvgIpc) is 3.18. The second kappa shape index (κ2) is 9.65. The molecule has 0 saturated carbocycles. The predicted molar refractivity (Wildman–Crippen MR) is 117 cm³/mol. The number of sulfonamides is 1. The third-order valence-electron chi connectivity index (χ3n) is 4.92. The van der Waals surface area contributed by atoms with E-state index in [0.29, 0.717) is 25.6 Å². The number of nitrogens with one attached hydrogen (secondary N) is 2. The Morgan fingerprint density at radius 1 is 1.10 bits per heavy atom. The number of nitrogens with zero attached hydrogens (tertiary/aromatic N) is 2. The molecule has 3 rings (SSSR count). The Morgan fingerprint density at radius 3 is 2.55 bits per heavy atom. The lowest BCUT2D eigenvalue weighted by Crippen LogP contribution is -2.42. The molecule has 0 fully saturated rings. The molecule has 0 radical (unpaired) electrons. The van der Waals surface area contributed by atoms with Crippen molar-refractivity contribution >= 4 is 21.7 Å². The Hall–Kier alpha value is -2.74. The minimum absolute atomic E-state index is 0.0144. The SMILES string of the molecule is CN=C(NCCc1ccc(OC)cc1)NCCS(=O)(=O)N1CCc2ccccc21. The fraction of sp³-hybridized carbons (Fsp3) is 0.381. The van der Waals surface area contributed by atoms with E-state index < -0.39 is 10.0 Å². The van der Waals surface area contributed by atoms with Crippen LogP contribution in [0.4, 0.5) is 5.69 Å². The largest absolute Gasteiger partial charge is 0.497 e. The standard InChI is InChI=1S/C21H28N4O3S/c1-22-21(23-13-11-17-7-9-19(28-2)10-8-17)24-14-16-29(26,27)25-15-12-18-5-3-4-6-20(18)25/h3-10H,11-16H2,1-2H3,(H2,22,23,24). The molecule has 1 heterocycles. The topological polar surface area (TPSA) is 83.0 Å². The minimum Gasteiger partial charge on any atom is -0.497 e. The monoisotopic (exact) mass is 416 g/mol. The van der Waals surface area contributed by atoms with Gasteiger partial charge in [-0.1, -0.05) is 30.3 Å². The number of hydrogen-bond donors (Lipinski definition) is 2. The van der Waals surface area contributed by atoms with E-state index in [2.05, 4.69) is 15.6 Å². The number of fused-ring (bicyclic) bond motifs is 1. The zero-order valence-corrected chi connectivity index (χ0v) is 17.7. The Balaban J connectivity index is 1.44. The normalized spacial score (nSPS) is 13.9. The molecule has 0 amide bonds. The first-order valence-electron chi connectivity index (χ1n) is 9.69. The highest BCUT2D eigenvalue weighted by Gasteiger charge is 2.28. The molecule has 7 nitrogen and oxygen atoms in total. The van der Waals surface area contributed by atoms with Crippen molar-refractivity contribution in [2.24, 2.45) is 4.99 Å². The quantitative estimate of drug-likeness (QED) is 0.506. The first-order chi connectivity index (χ1) is 14.0. The van der Waals surface area contributed by atoms with Crippen LogP contribution in [-0.2, 0) is 22.9 Å². The van der Waals surface area contributed by atoms with E-state index in [1.54, 1.807) is 14.2 Å². The molecule has 0 aliphatic carbocycles. The van der Waals surface area contributed by atoms with E-state index in [0.717, 1.165) is 29.8 Å². The highest BCUT2D eigenvalue weighted by atomic mass is 32.2. The van der Waals surface area contributed by atoms with Gasteiger partial charge in [-0.05, 0) is 42.2 Å². The van der Waals surface area contributed by atoms with Gasteiger partial charge in [0.05, 0.1) is 18.6 Å². The number of ether oxygens (including phenoxy) is 1. The van der Waals surface area contributed by atoms with E-state index in [4.69, 9.17) is 4.74 Å². The second-order valence-electron chi connectivity index (χ2n) is 6.79. The molecular formula is C21H28N4O3S. The molecule has 0 atom stereocenters. The van der Waals surface area contributed by atoms with Crippen molar-refractivity contribution in [3.05, 3.63) is 59.7 Å². The number of benzene rings is 2. The van der Waals surface area contributed by atoms with Gasteiger partial charge in [-0.25, -0.2) is 8.42 Å². The Bertz CT molecular complexity index is 943. The summed E-state index contributed by atoms with van der Waals surface area (Å²) in [4.78, 5) is 4.17. The summed E-state index contributed by atoms with van der Waals surface area (Å²) >= 11 is 0.